The third-order valence-corrected chi connectivity index (χ3v) is 2.29. The van der Waals surface area contributed by atoms with Gasteiger partial charge in [0.15, 0.2) is 0 Å². The molecular formula is C8H18N4O. The fourth-order valence-electron chi connectivity index (χ4n) is 1.61. The Balaban J connectivity index is 2.44. The molecule has 0 aliphatic heterocycles. The maximum absolute atomic E-state index is 5.89. The number of nitrogens with two attached hydrogens (primary N) is 2. The van der Waals surface area contributed by atoms with Crippen molar-refractivity contribution in [2.45, 2.75) is 37.8 Å². The van der Waals surface area contributed by atoms with Gasteiger partial charge in [0, 0.05) is 6.04 Å². The lowest BCUT2D eigenvalue weighted by atomic mass is 9.91. The van der Waals surface area contributed by atoms with Crippen LogP contribution in [0.2, 0.25) is 0 Å². The largest absolute Gasteiger partial charge is 0.368 e. The van der Waals surface area contributed by atoms with Crippen molar-refractivity contribution in [3.05, 3.63) is 0 Å². The van der Waals surface area contributed by atoms with Crippen LogP contribution in [0.25, 0.3) is 0 Å². The van der Waals surface area contributed by atoms with Crippen LogP contribution in [0, 0.1) is 0 Å². The summed E-state index contributed by atoms with van der Waals surface area (Å²) in [4.78, 5) is 8.87. The summed E-state index contributed by atoms with van der Waals surface area (Å²) < 4.78 is 0. The van der Waals surface area contributed by atoms with E-state index in [0.29, 0.717) is 5.96 Å². The molecule has 0 spiro atoms. The molecule has 1 rings (SSSR count). The Bertz CT molecular complexity index is 183. The highest BCUT2D eigenvalue weighted by atomic mass is 16.6. The maximum Gasteiger partial charge on any atom is 0.213 e. The van der Waals surface area contributed by atoms with Gasteiger partial charge in [-0.15, -0.1) is 0 Å². The normalized spacial score (nSPS) is 30.2. The molecular weight excluding hydrogens is 168 g/mol. The number of hydrogen-bond donors (Lipinski definition) is 3. The standard InChI is InChI=1S/C8H18N4O/c1-13-12-8(10)11-7-5-3-2-4-6(7)9/h6-7H,2-5,9H2,1H3,(H3,10,11,12)/t6-,7+/m0/s1. The molecule has 0 saturated heterocycles. The molecule has 1 fully saturated rings. The highest BCUT2D eigenvalue weighted by Crippen LogP contribution is 2.19. The first kappa shape index (κ1) is 10.3. The van der Waals surface area contributed by atoms with Crippen molar-refractivity contribution < 1.29 is 4.84 Å². The highest BCUT2D eigenvalue weighted by Gasteiger charge is 2.21. The van der Waals surface area contributed by atoms with E-state index < -0.39 is 0 Å². The molecule has 76 valence electrons. The number of hydroxylamine groups is 1. The zero-order chi connectivity index (χ0) is 9.68. The molecule has 0 radical (unpaired) electrons. The van der Waals surface area contributed by atoms with Crippen LogP contribution in [0.15, 0.2) is 4.99 Å². The highest BCUT2D eigenvalue weighted by molar-refractivity contribution is 5.76. The van der Waals surface area contributed by atoms with Gasteiger partial charge in [-0.2, -0.15) is 0 Å². The molecule has 0 aromatic rings. The van der Waals surface area contributed by atoms with Gasteiger partial charge < -0.3 is 11.5 Å². The second-order valence-corrected chi connectivity index (χ2v) is 3.34. The van der Waals surface area contributed by atoms with Gasteiger partial charge in [-0.25, -0.2) is 10.5 Å². The first-order valence-electron chi connectivity index (χ1n) is 4.62. The number of aliphatic imine (C=N–C) groups is 1. The molecule has 0 aromatic carbocycles. The van der Waals surface area contributed by atoms with Crippen molar-refractivity contribution in [2.75, 3.05) is 7.11 Å². The van der Waals surface area contributed by atoms with E-state index >= 15 is 0 Å². The number of nitrogens with zero attached hydrogens (tertiary/aromatic N) is 1. The van der Waals surface area contributed by atoms with Gasteiger partial charge in [0.25, 0.3) is 0 Å². The summed E-state index contributed by atoms with van der Waals surface area (Å²) in [6.07, 6.45) is 4.44. The second-order valence-electron chi connectivity index (χ2n) is 3.34. The molecule has 5 N–H and O–H groups in total. The van der Waals surface area contributed by atoms with Gasteiger partial charge in [-0.05, 0) is 12.8 Å². The molecule has 5 nitrogen and oxygen atoms in total. The molecule has 0 amide bonds. The van der Waals surface area contributed by atoms with Gasteiger partial charge in [-0.3, -0.25) is 4.84 Å². The van der Waals surface area contributed by atoms with Gasteiger partial charge in [0.05, 0.1) is 13.2 Å². The van der Waals surface area contributed by atoms with Crippen LogP contribution in [0.4, 0.5) is 0 Å². The van der Waals surface area contributed by atoms with E-state index in [4.69, 9.17) is 11.5 Å². The molecule has 13 heavy (non-hydrogen) atoms. The van der Waals surface area contributed by atoms with Crippen LogP contribution >= 0.6 is 0 Å². The summed E-state index contributed by atoms with van der Waals surface area (Å²) in [6, 6.07) is 0.294. The summed E-state index contributed by atoms with van der Waals surface area (Å²) in [5.41, 5.74) is 13.9. The number of guanidine groups is 1. The first-order valence-corrected chi connectivity index (χ1v) is 4.62. The Hall–Kier alpha value is -0.810. The predicted octanol–water partition coefficient (Wildman–Crippen LogP) is -0.278. The lowest BCUT2D eigenvalue weighted by Crippen LogP contribution is -2.40. The average molecular weight is 186 g/mol. The molecule has 1 aliphatic rings. The Labute approximate surface area is 78.5 Å². The van der Waals surface area contributed by atoms with Crippen LogP contribution in [0.1, 0.15) is 25.7 Å². The minimum Gasteiger partial charge on any atom is -0.368 e. The second kappa shape index (κ2) is 5.04. The molecule has 0 bridgehead atoms. The quantitative estimate of drug-likeness (QED) is 0.314. The number of nitrogens with one attached hydrogen (secondary N) is 1. The van der Waals surface area contributed by atoms with Crippen LogP contribution in [0.3, 0.4) is 0 Å². The minimum atomic E-state index is 0.144. The van der Waals surface area contributed by atoms with E-state index in [-0.39, 0.29) is 12.1 Å². The van der Waals surface area contributed by atoms with E-state index in [1.165, 1.54) is 20.0 Å². The van der Waals surface area contributed by atoms with Crippen molar-refractivity contribution in [1.82, 2.24) is 5.48 Å². The molecule has 2 atom stereocenters. The third-order valence-electron chi connectivity index (χ3n) is 2.29. The lowest BCUT2D eigenvalue weighted by Gasteiger charge is -2.25. The Morgan fingerprint density at radius 3 is 2.77 bits per heavy atom. The SMILES string of the molecule is CONC(N)=N[C@@H]1CCCC[C@@H]1N. The Morgan fingerprint density at radius 2 is 2.15 bits per heavy atom. The van der Waals surface area contributed by atoms with Crippen molar-refractivity contribution >= 4 is 5.96 Å². The molecule has 5 heteroatoms. The lowest BCUT2D eigenvalue weighted by molar-refractivity contribution is 0.142. The summed E-state index contributed by atoms with van der Waals surface area (Å²) >= 11 is 0. The van der Waals surface area contributed by atoms with E-state index in [1.54, 1.807) is 0 Å². The summed E-state index contributed by atoms with van der Waals surface area (Å²) in [5.74, 6) is 0.310. The summed E-state index contributed by atoms with van der Waals surface area (Å²) in [6.45, 7) is 0. The van der Waals surface area contributed by atoms with Gasteiger partial charge in [0.2, 0.25) is 5.96 Å². The maximum atomic E-state index is 5.89. The molecule has 0 heterocycles. The molecule has 1 aliphatic carbocycles. The summed E-state index contributed by atoms with van der Waals surface area (Å²) in [7, 11) is 1.50. The van der Waals surface area contributed by atoms with Crippen LogP contribution in [-0.4, -0.2) is 25.2 Å². The van der Waals surface area contributed by atoms with Crippen molar-refractivity contribution in [3.63, 3.8) is 0 Å². The Kier molecular flexibility index (Phi) is 3.98. The monoisotopic (exact) mass is 186 g/mol. The van der Waals surface area contributed by atoms with Crippen LogP contribution < -0.4 is 16.9 Å². The first-order chi connectivity index (χ1) is 6.24. The smallest absolute Gasteiger partial charge is 0.213 e. The van der Waals surface area contributed by atoms with Gasteiger partial charge >= 0.3 is 0 Å². The molecule has 0 aromatic heterocycles. The number of hydrogen-bond acceptors (Lipinski definition) is 3. The fraction of sp³-hybridized carbons (Fsp3) is 0.875. The van der Waals surface area contributed by atoms with Gasteiger partial charge in [-0.1, -0.05) is 12.8 Å². The van der Waals surface area contributed by atoms with Gasteiger partial charge in [0.1, 0.15) is 0 Å². The van der Waals surface area contributed by atoms with E-state index in [9.17, 15) is 0 Å². The topological polar surface area (TPSA) is 85.7 Å². The third kappa shape index (κ3) is 3.20. The average Bonchev–Trinajstić information content (AvgIpc) is 2.09. The summed E-state index contributed by atoms with van der Waals surface area (Å²) in [5, 5.41) is 0. The van der Waals surface area contributed by atoms with E-state index in [2.05, 4.69) is 15.3 Å². The zero-order valence-electron chi connectivity index (χ0n) is 7.99. The van der Waals surface area contributed by atoms with E-state index in [1.807, 2.05) is 0 Å². The predicted molar refractivity (Wildman–Crippen MR) is 52.0 cm³/mol. The molecule has 1 saturated carbocycles. The van der Waals surface area contributed by atoms with Crippen molar-refractivity contribution in [2.24, 2.45) is 16.5 Å². The molecule has 0 unspecified atom stereocenters. The van der Waals surface area contributed by atoms with Crippen LogP contribution in [0.5, 0.6) is 0 Å². The number of rotatable bonds is 2. The van der Waals surface area contributed by atoms with Crippen LogP contribution in [-0.2, 0) is 4.84 Å². The zero-order valence-corrected chi connectivity index (χ0v) is 7.99. The minimum absolute atomic E-state index is 0.144. The fourth-order valence-corrected chi connectivity index (χ4v) is 1.61. The van der Waals surface area contributed by atoms with E-state index in [0.717, 1.165) is 12.8 Å². The van der Waals surface area contributed by atoms with Crippen molar-refractivity contribution in [3.8, 4) is 0 Å². The van der Waals surface area contributed by atoms with Crippen molar-refractivity contribution in [1.29, 1.82) is 0 Å². The Morgan fingerprint density at radius 1 is 1.46 bits per heavy atom.